The van der Waals surface area contributed by atoms with E-state index in [1.54, 1.807) is 7.11 Å². The van der Waals surface area contributed by atoms with E-state index in [4.69, 9.17) is 4.74 Å². The minimum atomic E-state index is 0.644. The highest BCUT2D eigenvalue weighted by atomic mass is 79.9. The van der Waals surface area contributed by atoms with Gasteiger partial charge in [-0.3, -0.25) is 0 Å². The second-order valence-electron chi connectivity index (χ2n) is 2.55. The zero-order valence-electron chi connectivity index (χ0n) is 8.17. The summed E-state index contributed by atoms with van der Waals surface area (Å²) >= 11 is 3.40. The molecule has 0 atom stereocenters. The molecule has 0 radical (unpaired) electrons. The van der Waals surface area contributed by atoms with E-state index in [0.717, 1.165) is 22.7 Å². The van der Waals surface area contributed by atoms with Crippen molar-refractivity contribution in [1.29, 1.82) is 0 Å². The molecule has 0 saturated carbocycles. The quantitative estimate of drug-likeness (QED) is 0.783. The molecule has 0 aromatic carbocycles. The lowest BCUT2D eigenvalue weighted by molar-refractivity contribution is 0.210. The first-order valence-corrected chi connectivity index (χ1v) is 5.00. The van der Waals surface area contributed by atoms with Gasteiger partial charge in [0.2, 0.25) is 0 Å². The summed E-state index contributed by atoms with van der Waals surface area (Å²) < 4.78 is 5.76. The van der Waals surface area contributed by atoms with Crippen LogP contribution in [0.4, 0.5) is 11.6 Å². The van der Waals surface area contributed by atoms with Gasteiger partial charge in [-0.15, -0.1) is 0 Å². The fourth-order valence-corrected chi connectivity index (χ4v) is 1.48. The van der Waals surface area contributed by atoms with Crippen molar-refractivity contribution in [3.8, 4) is 0 Å². The van der Waals surface area contributed by atoms with Gasteiger partial charge in [-0.2, -0.15) is 0 Å². The molecule has 1 aromatic rings. The average molecular weight is 261 g/mol. The SMILES string of the molecule is CNc1ncnc(NCCOC)c1Br. The number of hydrogen-bond acceptors (Lipinski definition) is 5. The normalized spacial score (nSPS) is 9.93. The summed E-state index contributed by atoms with van der Waals surface area (Å²) in [6.07, 6.45) is 1.51. The van der Waals surface area contributed by atoms with Crippen LogP contribution in [0.25, 0.3) is 0 Å². The van der Waals surface area contributed by atoms with E-state index >= 15 is 0 Å². The maximum Gasteiger partial charge on any atom is 0.146 e. The number of halogens is 1. The second kappa shape index (κ2) is 5.77. The lowest BCUT2D eigenvalue weighted by Crippen LogP contribution is -2.10. The Labute approximate surface area is 91.4 Å². The fraction of sp³-hybridized carbons (Fsp3) is 0.500. The van der Waals surface area contributed by atoms with Crippen LogP contribution >= 0.6 is 15.9 Å². The molecule has 0 aliphatic carbocycles. The number of nitrogens with one attached hydrogen (secondary N) is 2. The Balaban J connectivity index is 2.66. The van der Waals surface area contributed by atoms with Crippen LogP contribution < -0.4 is 10.6 Å². The first-order chi connectivity index (χ1) is 6.79. The van der Waals surface area contributed by atoms with E-state index in [-0.39, 0.29) is 0 Å². The molecule has 1 rings (SSSR count). The lowest BCUT2D eigenvalue weighted by atomic mass is 10.5. The molecule has 5 nitrogen and oxygen atoms in total. The first kappa shape index (κ1) is 11.2. The number of ether oxygens (including phenoxy) is 1. The van der Waals surface area contributed by atoms with Gasteiger partial charge in [-0.25, -0.2) is 9.97 Å². The number of hydrogen-bond donors (Lipinski definition) is 2. The maximum absolute atomic E-state index is 4.92. The summed E-state index contributed by atoms with van der Waals surface area (Å²) in [4.78, 5) is 8.14. The van der Waals surface area contributed by atoms with Crippen LogP contribution in [0, 0.1) is 0 Å². The van der Waals surface area contributed by atoms with Gasteiger partial charge in [-0.05, 0) is 15.9 Å². The van der Waals surface area contributed by atoms with Gasteiger partial charge in [0.25, 0.3) is 0 Å². The van der Waals surface area contributed by atoms with E-state index in [2.05, 4.69) is 36.5 Å². The van der Waals surface area contributed by atoms with Crippen molar-refractivity contribution in [3.63, 3.8) is 0 Å². The Morgan fingerprint density at radius 1 is 1.43 bits per heavy atom. The van der Waals surface area contributed by atoms with Crippen LogP contribution in [0.5, 0.6) is 0 Å². The largest absolute Gasteiger partial charge is 0.383 e. The van der Waals surface area contributed by atoms with E-state index in [1.807, 2.05) is 7.05 Å². The Bertz CT molecular complexity index is 295. The van der Waals surface area contributed by atoms with Gasteiger partial charge in [-0.1, -0.05) is 0 Å². The van der Waals surface area contributed by atoms with E-state index in [9.17, 15) is 0 Å². The molecule has 0 fully saturated rings. The minimum Gasteiger partial charge on any atom is -0.383 e. The van der Waals surface area contributed by atoms with E-state index in [1.165, 1.54) is 6.33 Å². The highest BCUT2D eigenvalue weighted by Gasteiger charge is 2.05. The molecule has 0 saturated heterocycles. The van der Waals surface area contributed by atoms with Gasteiger partial charge in [0.1, 0.15) is 22.4 Å². The molecule has 0 aliphatic heterocycles. The molecule has 0 unspecified atom stereocenters. The van der Waals surface area contributed by atoms with Crippen LogP contribution in [0.15, 0.2) is 10.8 Å². The van der Waals surface area contributed by atoms with Crippen molar-refractivity contribution in [2.24, 2.45) is 0 Å². The molecule has 14 heavy (non-hydrogen) atoms. The monoisotopic (exact) mass is 260 g/mol. The van der Waals surface area contributed by atoms with Gasteiger partial charge in [0.05, 0.1) is 6.61 Å². The minimum absolute atomic E-state index is 0.644. The molecular weight excluding hydrogens is 248 g/mol. The van der Waals surface area contributed by atoms with Crippen molar-refractivity contribution in [1.82, 2.24) is 9.97 Å². The van der Waals surface area contributed by atoms with Crippen molar-refractivity contribution < 1.29 is 4.74 Å². The van der Waals surface area contributed by atoms with Crippen LogP contribution in [0.3, 0.4) is 0 Å². The standard InChI is InChI=1S/C8H13BrN4O/c1-10-7-6(9)8(13-5-12-7)11-3-4-14-2/h5H,3-4H2,1-2H3,(H2,10,11,12,13). The van der Waals surface area contributed by atoms with Gasteiger partial charge in [0.15, 0.2) is 0 Å². The fourth-order valence-electron chi connectivity index (χ4n) is 0.939. The van der Waals surface area contributed by atoms with Crippen molar-refractivity contribution in [2.75, 3.05) is 37.9 Å². The first-order valence-electron chi connectivity index (χ1n) is 4.20. The van der Waals surface area contributed by atoms with Crippen LogP contribution in [0.2, 0.25) is 0 Å². The predicted octanol–water partition coefficient (Wildman–Crippen LogP) is 1.34. The van der Waals surface area contributed by atoms with Crippen molar-refractivity contribution in [2.45, 2.75) is 0 Å². The average Bonchev–Trinajstić information content (AvgIpc) is 2.21. The molecule has 1 aromatic heterocycles. The highest BCUT2D eigenvalue weighted by Crippen LogP contribution is 2.25. The molecule has 6 heteroatoms. The van der Waals surface area contributed by atoms with Gasteiger partial charge < -0.3 is 15.4 Å². The molecule has 0 amide bonds. The highest BCUT2D eigenvalue weighted by molar-refractivity contribution is 9.10. The number of rotatable bonds is 5. The third-order valence-electron chi connectivity index (χ3n) is 1.62. The summed E-state index contributed by atoms with van der Waals surface area (Å²) in [6, 6.07) is 0. The summed E-state index contributed by atoms with van der Waals surface area (Å²) in [5.74, 6) is 1.53. The topological polar surface area (TPSA) is 59.1 Å². The Morgan fingerprint density at radius 3 is 2.79 bits per heavy atom. The van der Waals surface area contributed by atoms with Crippen molar-refractivity contribution >= 4 is 27.6 Å². The number of aromatic nitrogens is 2. The summed E-state index contributed by atoms with van der Waals surface area (Å²) in [7, 11) is 3.47. The Hall–Kier alpha value is -0.880. The molecule has 2 N–H and O–H groups in total. The van der Waals surface area contributed by atoms with Crippen molar-refractivity contribution in [3.05, 3.63) is 10.8 Å². The third kappa shape index (κ3) is 2.81. The lowest BCUT2D eigenvalue weighted by Gasteiger charge is -2.08. The zero-order valence-corrected chi connectivity index (χ0v) is 9.76. The van der Waals surface area contributed by atoms with E-state index in [0.29, 0.717) is 6.61 Å². The van der Waals surface area contributed by atoms with Gasteiger partial charge in [0, 0.05) is 20.7 Å². The summed E-state index contributed by atoms with van der Waals surface area (Å²) in [5, 5.41) is 6.08. The molecule has 0 bridgehead atoms. The Kier molecular flexibility index (Phi) is 4.61. The molecule has 1 heterocycles. The predicted molar refractivity (Wildman–Crippen MR) is 59.6 cm³/mol. The molecular formula is C8H13BrN4O. The second-order valence-corrected chi connectivity index (χ2v) is 3.35. The zero-order chi connectivity index (χ0) is 10.4. The summed E-state index contributed by atoms with van der Waals surface area (Å²) in [5.41, 5.74) is 0. The molecule has 0 aliphatic rings. The van der Waals surface area contributed by atoms with E-state index < -0.39 is 0 Å². The molecule has 0 spiro atoms. The number of anilines is 2. The Morgan fingerprint density at radius 2 is 2.14 bits per heavy atom. The van der Waals surface area contributed by atoms with Crippen LogP contribution in [-0.2, 0) is 4.74 Å². The maximum atomic E-state index is 4.92. The van der Waals surface area contributed by atoms with Gasteiger partial charge >= 0.3 is 0 Å². The number of nitrogens with zero attached hydrogens (tertiary/aromatic N) is 2. The number of methoxy groups -OCH3 is 1. The third-order valence-corrected chi connectivity index (χ3v) is 2.38. The smallest absolute Gasteiger partial charge is 0.146 e. The summed E-state index contributed by atoms with van der Waals surface area (Å²) in [6.45, 7) is 1.36. The van der Waals surface area contributed by atoms with Crippen LogP contribution in [0.1, 0.15) is 0 Å². The van der Waals surface area contributed by atoms with Crippen LogP contribution in [-0.4, -0.2) is 37.3 Å². The molecule has 78 valence electrons.